The van der Waals surface area contributed by atoms with Gasteiger partial charge in [0.05, 0.1) is 0 Å². The molecule has 0 spiro atoms. The summed E-state index contributed by atoms with van der Waals surface area (Å²) in [5, 5.41) is 0. The molecule has 0 heterocycles. The lowest BCUT2D eigenvalue weighted by Gasteiger charge is -2.39. The third-order valence-corrected chi connectivity index (χ3v) is 9.55. The van der Waals surface area contributed by atoms with Crippen LogP contribution in [-0.2, 0) is 0 Å². The Morgan fingerprint density at radius 2 is 1.23 bits per heavy atom. The molecular weight excluding hydrogens is 176 g/mol. The Labute approximate surface area is 84.7 Å². The Hall–Kier alpha value is 0.177. The predicted octanol–water partition coefficient (Wildman–Crippen LogP) is 3.93. The summed E-state index contributed by atoms with van der Waals surface area (Å²) in [4.78, 5) is 10.8. The van der Waals surface area contributed by atoms with Crippen LogP contribution in [0, 0.1) is 0 Å². The van der Waals surface area contributed by atoms with Crippen molar-refractivity contribution in [1.29, 1.82) is 0 Å². The van der Waals surface area contributed by atoms with Gasteiger partial charge in [-0.05, 0) is 16.6 Å². The first kappa shape index (κ1) is 13.2. The molecule has 0 aliphatic heterocycles. The summed E-state index contributed by atoms with van der Waals surface area (Å²) in [6.45, 7) is 13.2. The maximum atomic E-state index is 10.8. The van der Waals surface area contributed by atoms with Crippen molar-refractivity contribution in [3.63, 3.8) is 0 Å². The molecule has 0 aliphatic carbocycles. The van der Waals surface area contributed by atoms with Crippen LogP contribution in [0.3, 0.4) is 0 Å². The van der Waals surface area contributed by atoms with Crippen LogP contribution in [0.2, 0.25) is 16.6 Å². The summed E-state index contributed by atoms with van der Waals surface area (Å²) >= 11 is 0. The van der Waals surface area contributed by atoms with Crippen molar-refractivity contribution in [2.24, 2.45) is 0 Å². The van der Waals surface area contributed by atoms with Gasteiger partial charge in [-0.25, -0.2) is 0 Å². The Balaban J connectivity index is 4.71. The van der Waals surface area contributed by atoms with Gasteiger partial charge in [0.1, 0.15) is 0 Å². The molecule has 0 fully saturated rings. The molecule has 0 aromatic heterocycles. The van der Waals surface area contributed by atoms with E-state index in [9.17, 15) is 4.80 Å². The fourth-order valence-corrected chi connectivity index (χ4v) is 6.83. The molecule has 13 heavy (non-hydrogen) atoms. The average molecular weight is 202 g/mol. The SMILES string of the molecule is CCC(C)[Si](O)(C(C)C)C(C)CC. The van der Waals surface area contributed by atoms with Gasteiger partial charge in [-0.1, -0.05) is 54.4 Å². The molecular formula is C11H26OSi. The molecule has 2 unspecified atom stereocenters. The Morgan fingerprint density at radius 3 is 1.38 bits per heavy atom. The summed E-state index contributed by atoms with van der Waals surface area (Å²) in [6.07, 6.45) is 2.23. The lowest BCUT2D eigenvalue weighted by atomic mass is 10.3. The second-order valence-corrected chi connectivity index (χ2v) is 9.56. The van der Waals surface area contributed by atoms with Gasteiger partial charge >= 0.3 is 0 Å². The Morgan fingerprint density at radius 1 is 0.923 bits per heavy atom. The van der Waals surface area contributed by atoms with E-state index in [2.05, 4.69) is 41.5 Å². The van der Waals surface area contributed by atoms with Crippen molar-refractivity contribution < 1.29 is 4.80 Å². The van der Waals surface area contributed by atoms with E-state index in [0.717, 1.165) is 12.8 Å². The predicted molar refractivity (Wildman–Crippen MR) is 62.5 cm³/mol. The van der Waals surface area contributed by atoms with Crippen molar-refractivity contribution in [3.05, 3.63) is 0 Å². The Kier molecular flexibility index (Phi) is 5.23. The molecule has 0 amide bonds. The minimum Gasteiger partial charge on any atom is -0.431 e. The molecule has 0 bridgehead atoms. The molecule has 1 nitrogen and oxygen atoms in total. The second-order valence-electron chi connectivity index (χ2n) is 4.66. The largest absolute Gasteiger partial charge is 0.431 e. The molecule has 2 atom stereocenters. The third kappa shape index (κ3) is 2.56. The van der Waals surface area contributed by atoms with Gasteiger partial charge in [0, 0.05) is 0 Å². The molecule has 0 saturated heterocycles. The molecule has 2 heteroatoms. The minimum atomic E-state index is -2.03. The molecule has 0 rings (SSSR count). The highest BCUT2D eigenvalue weighted by Gasteiger charge is 2.43. The molecule has 0 saturated carbocycles. The molecule has 0 aliphatic rings. The zero-order valence-corrected chi connectivity index (χ0v) is 11.1. The van der Waals surface area contributed by atoms with E-state index in [1.54, 1.807) is 0 Å². The van der Waals surface area contributed by atoms with E-state index in [1.165, 1.54) is 0 Å². The highest BCUT2D eigenvalue weighted by molar-refractivity contribution is 6.76. The van der Waals surface area contributed by atoms with Crippen LogP contribution >= 0.6 is 0 Å². The average Bonchev–Trinajstić information content (AvgIpc) is 2.13. The van der Waals surface area contributed by atoms with Crippen LogP contribution in [0.1, 0.15) is 54.4 Å². The van der Waals surface area contributed by atoms with Crippen LogP contribution < -0.4 is 0 Å². The van der Waals surface area contributed by atoms with Crippen molar-refractivity contribution >= 4 is 8.32 Å². The zero-order valence-electron chi connectivity index (χ0n) is 10.1. The van der Waals surface area contributed by atoms with Gasteiger partial charge < -0.3 is 4.80 Å². The van der Waals surface area contributed by atoms with Gasteiger partial charge in [-0.2, -0.15) is 0 Å². The maximum absolute atomic E-state index is 10.8. The zero-order chi connectivity index (χ0) is 10.6. The van der Waals surface area contributed by atoms with Crippen LogP contribution in [-0.4, -0.2) is 13.1 Å². The summed E-state index contributed by atoms with van der Waals surface area (Å²) in [5.74, 6) is 0. The van der Waals surface area contributed by atoms with E-state index in [0.29, 0.717) is 16.6 Å². The van der Waals surface area contributed by atoms with E-state index >= 15 is 0 Å². The van der Waals surface area contributed by atoms with Crippen LogP contribution in [0.4, 0.5) is 0 Å². The quantitative estimate of drug-likeness (QED) is 0.670. The minimum absolute atomic E-state index is 0.484. The second kappa shape index (κ2) is 5.16. The van der Waals surface area contributed by atoms with Crippen LogP contribution in [0.25, 0.3) is 0 Å². The number of rotatable bonds is 5. The summed E-state index contributed by atoms with van der Waals surface area (Å²) in [6, 6.07) is 0. The van der Waals surface area contributed by atoms with Crippen molar-refractivity contribution in [2.45, 2.75) is 71.0 Å². The van der Waals surface area contributed by atoms with Gasteiger partial charge in [-0.15, -0.1) is 0 Å². The fourth-order valence-electron chi connectivity index (χ4n) is 2.28. The van der Waals surface area contributed by atoms with Crippen LogP contribution in [0.5, 0.6) is 0 Å². The lowest BCUT2D eigenvalue weighted by Crippen LogP contribution is -2.46. The molecule has 0 aromatic carbocycles. The van der Waals surface area contributed by atoms with E-state index in [-0.39, 0.29) is 0 Å². The Bertz CT molecular complexity index is 135. The van der Waals surface area contributed by atoms with Gasteiger partial charge in [-0.3, -0.25) is 0 Å². The summed E-state index contributed by atoms with van der Waals surface area (Å²) in [5.41, 5.74) is 1.54. The highest BCUT2D eigenvalue weighted by Crippen LogP contribution is 2.42. The van der Waals surface area contributed by atoms with Gasteiger partial charge in [0.2, 0.25) is 0 Å². The maximum Gasteiger partial charge on any atom is 0.196 e. The van der Waals surface area contributed by atoms with Crippen molar-refractivity contribution in [3.8, 4) is 0 Å². The normalized spacial score (nSPS) is 21.2. The first-order valence-corrected chi connectivity index (χ1v) is 7.81. The summed E-state index contributed by atoms with van der Waals surface area (Å²) in [7, 11) is -2.03. The van der Waals surface area contributed by atoms with E-state index in [4.69, 9.17) is 0 Å². The lowest BCUT2D eigenvalue weighted by molar-refractivity contribution is 0.455. The standard InChI is InChI=1S/C11H26OSi/c1-7-10(5)13(12,9(3)4)11(6)8-2/h9-12H,7-8H2,1-6H3. The van der Waals surface area contributed by atoms with E-state index in [1.807, 2.05) is 0 Å². The molecule has 0 aromatic rings. The van der Waals surface area contributed by atoms with Gasteiger partial charge in [0.15, 0.2) is 8.32 Å². The fraction of sp³-hybridized carbons (Fsp3) is 1.00. The number of hydrogen-bond acceptors (Lipinski definition) is 1. The van der Waals surface area contributed by atoms with Crippen molar-refractivity contribution in [2.75, 3.05) is 0 Å². The monoisotopic (exact) mass is 202 g/mol. The molecule has 1 N–H and O–H groups in total. The van der Waals surface area contributed by atoms with Crippen LogP contribution in [0.15, 0.2) is 0 Å². The van der Waals surface area contributed by atoms with E-state index < -0.39 is 8.32 Å². The third-order valence-electron chi connectivity index (χ3n) is 3.73. The smallest absolute Gasteiger partial charge is 0.196 e. The molecule has 80 valence electrons. The van der Waals surface area contributed by atoms with Gasteiger partial charge in [0.25, 0.3) is 0 Å². The number of hydrogen-bond donors (Lipinski definition) is 1. The van der Waals surface area contributed by atoms with Crippen molar-refractivity contribution in [1.82, 2.24) is 0 Å². The highest BCUT2D eigenvalue weighted by atomic mass is 28.4. The first-order valence-electron chi connectivity index (χ1n) is 5.63. The first-order chi connectivity index (χ1) is 5.91. The summed E-state index contributed by atoms with van der Waals surface area (Å²) < 4.78 is 0. The molecule has 0 radical (unpaired) electrons. The topological polar surface area (TPSA) is 20.2 Å².